The molecule has 0 aliphatic carbocycles. The molecule has 0 spiro atoms. The largest absolute Gasteiger partial charge is 0.363 e. The van der Waals surface area contributed by atoms with Crippen molar-refractivity contribution in [3.05, 3.63) is 47.2 Å². The molecule has 0 unspecified atom stereocenters. The predicted molar refractivity (Wildman–Crippen MR) is 87.4 cm³/mol. The summed E-state index contributed by atoms with van der Waals surface area (Å²) in [5.74, 6) is -0.202. The molecule has 0 radical (unpaired) electrons. The number of halogens is 1. The summed E-state index contributed by atoms with van der Waals surface area (Å²) in [5.41, 5.74) is 0.500. The van der Waals surface area contributed by atoms with E-state index in [0.717, 1.165) is 12.8 Å². The first-order valence-electron chi connectivity index (χ1n) is 7.35. The zero-order valence-electron chi connectivity index (χ0n) is 12.8. The quantitative estimate of drug-likeness (QED) is 0.843. The van der Waals surface area contributed by atoms with Crippen LogP contribution in [0.15, 0.2) is 41.1 Å². The lowest BCUT2D eigenvalue weighted by Gasteiger charge is -2.22. The molecule has 1 heterocycles. The lowest BCUT2D eigenvalue weighted by Crippen LogP contribution is -2.38. The average Bonchev–Trinajstić information content (AvgIpc) is 3.04. The van der Waals surface area contributed by atoms with E-state index in [1.165, 1.54) is 17.2 Å². The van der Waals surface area contributed by atoms with Crippen molar-refractivity contribution in [1.29, 1.82) is 0 Å². The molecular weight excluding hydrogens is 318 g/mol. The minimum Gasteiger partial charge on any atom is -0.363 e. The molecule has 0 fully saturated rings. The summed E-state index contributed by atoms with van der Waals surface area (Å²) >= 11 is 5.84. The molecule has 0 atom stereocenters. The number of anilines is 1. The summed E-state index contributed by atoms with van der Waals surface area (Å²) in [6, 6.07) is 8.15. The van der Waals surface area contributed by atoms with E-state index in [2.05, 4.69) is 15.0 Å². The Kier molecular flexibility index (Phi) is 6.17. The number of carbonyl (C=O) groups excluding carboxylic acids is 2. The van der Waals surface area contributed by atoms with E-state index < -0.39 is 0 Å². The third-order valence-corrected chi connectivity index (χ3v) is 3.45. The van der Waals surface area contributed by atoms with Crippen LogP contribution in [0, 0.1) is 0 Å². The number of nitrogens with zero attached hydrogens (tertiary/aromatic N) is 2. The average molecular weight is 336 g/mol. The molecule has 1 aromatic heterocycles. The lowest BCUT2D eigenvalue weighted by atomic mass is 10.2. The second-order valence-electron chi connectivity index (χ2n) is 5.02. The van der Waals surface area contributed by atoms with Gasteiger partial charge < -0.3 is 14.7 Å². The minimum absolute atomic E-state index is 0.0473. The summed E-state index contributed by atoms with van der Waals surface area (Å²) in [7, 11) is 0. The fourth-order valence-electron chi connectivity index (χ4n) is 2.01. The van der Waals surface area contributed by atoms with Gasteiger partial charge in [-0.3, -0.25) is 9.59 Å². The Balaban J connectivity index is 2.04. The van der Waals surface area contributed by atoms with Crippen molar-refractivity contribution in [3.8, 4) is 0 Å². The van der Waals surface area contributed by atoms with E-state index in [0.29, 0.717) is 22.9 Å². The van der Waals surface area contributed by atoms with Gasteiger partial charge in [0.1, 0.15) is 12.8 Å². The first kappa shape index (κ1) is 17.0. The number of nitrogens with one attached hydrogen (secondary N) is 1. The Morgan fingerprint density at radius 2 is 2.00 bits per heavy atom. The third-order valence-electron chi connectivity index (χ3n) is 3.20. The van der Waals surface area contributed by atoms with E-state index >= 15 is 0 Å². The van der Waals surface area contributed by atoms with Crippen molar-refractivity contribution in [1.82, 2.24) is 10.1 Å². The van der Waals surface area contributed by atoms with Gasteiger partial charge in [-0.1, -0.05) is 30.1 Å². The smallest absolute Gasteiger partial charge is 0.254 e. The highest BCUT2D eigenvalue weighted by Gasteiger charge is 2.19. The Labute approximate surface area is 139 Å². The first-order valence-corrected chi connectivity index (χ1v) is 7.73. The maximum absolute atomic E-state index is 12.6. The van der Waals surface area contributed by atoms with Gasteiger partial charge in [0.05, 0.1) is 0 Å². The van der Waals surface area contributed by atoms with Crippen LogP contribution in [0.2, 0.25) is 5.02 Å². The number of amides is 2. The molecule has 6 nitrogen and oxygen atoms in total. The number of benzene rings is 1. The molecule has 23 heavy (non-hydrogen) atoms. The van der Waals surface area contributed by atoms with Gasteiger partial charge in [0.15, 0.2) is 5.82 Å². The van der Waals surface area contributed by atoms with Gasteiger partial charge >= 0.3 is 0 Å². The van der Waals surface area contributed by atoms with Gasteiger partial charge in [0.25, 0.3) is 5.91 Å². The van der Waals surface area contributed by atoms with E-state index in [-0.39, 0.29) is 18.4 Å². The van der Waals surface area contributed by atoms with Crippen LogP contribution in [0.5, 0.6) is 0 Å². The third kappa shape index (κ3) is 5.10. The fraction of sp³-hybridized carbons (Fsp3) is 0.312. The van der Waals surface area contributed by atoms with Gasteiger partial charge in [-0.2, -0.15) is 0 Å². The van der Waals surface area contributed by atoms with Crippen LogP contribution in [-0.4, -0.2) is 35.0 Å². The predicted octanol–water partition coefficient (Wildman–Crippen LogP) is 3.21. The molecular formula is C16H18ClN3O3. The Morgan fingerprint density at radius 1 is 1.26 bits per heavy atom. The van der Waals surface area contributed by atoms with Crippen molar-refractivity contribution in [2.75, 3.05) is 18.4 Å². The molecule has 122 valence electrons. The van der Waals surface area contributed by atoms with E-state index in [1.807, 2.05) is 6.92 Å². The fourth-order valence-corrected chi connectivity index (χ4v) is 2.14. The number of rotatable bonds is 7. The molecule has 0 aliphatic heterocycles. The van der Waals surface area contributed by atoms with Crippen molar-refractivity contribution in [2.45, 2.75) is 19.8 Å². The summed E-state index contributed by atoms with van der Waals surface area (Å²) in [5, 5.41) is 6.76. The lowest BCUT2D eigenvalue weighted by molar-refractivity contribution is -0.116. The molecule has 2 aromatic rings. The van der Waals surface area contributed by atoms with Crippen LogP contribution in [-0.2, 0) is 4.79 Å². The highest BCUT2D eigenvalue weighted by molar-refractivity contribution is 6.30. The molecule has 0 aliphatic rings. The summed E-state index contributed by atoms with van der Waals surface area (Å²) < 4.78 is 4.66. The second-order valence-corrected chi connectivity index (χ2v) is 5.46. The normalized spacial score (nSPS) is 10.3. The second kappa shape index (κ2) is 8.33. The van der Waals surface area contributed by atoms with Gasteiger partial charge in [-0.05, 0) is 30.7 Å². The van der Waals surface area contributed by atoms with E-state index in [9.17, 15) is 9.59 Å². The molecule has 2 amide bonds. The maximum Gasteiger partial charge on any atom is 0.254 e. The van der Waals surface area contributed by atoms with Crippen LogP contribution in [0.25, 0.3) is 0 Å². The molecule has 0 saturated heterocycles. The van der Waals surface area contributed by atoms with Crippen LogP contribution in [0.1, 0.15) is 30.1 Å². The van der Waals surface area contributed by atoms with Crippen molar-refractivity contribution in [2.24, 2.45) is 0 Å². The van der Waals surface area contributed by atoms with E-state index in [4.69, 9.17) is 11.6 Å². The topological polar surface area (TPSA) is 75.4 Å². The standard InChI is InChI=1S/C16H18ClN3O3/c1-2-3-9-20(11-15(21)18-14-8-10-23-19-14)16(22)12-4-6-13(17)7-5-12/h4-8,10H,2-3,9,11H2,1H3,(H,18,19,21). The van der Waals surface area contributed by atoms with Crippen molar-refractivity contribution < 1.29 is 14.1 Å². The highest BCUT2D eigenvalue weighted by atomic mass is 35.5. The van der Waals surface area contributed by atoms with Gasteiger partial charge in [0.2, 0.25) is 5.91 Å². The van der Waals surface area contributed by atoms with Gasteiger partial charge in [0, 0.05) is 23.2 Å². The zero-order chi connectivity index (χ0) is 16.7. The zero-order valence-corrected chi connectivity index (χ0v) is 13.5. The number of unbranched alkanes of at least 4 members (excludes halogenated alkanes) is 1. The summed E-state index contributed by atoms with van der Waals surface area (Å²) in [6.07, 6.45) is 3.11. The molecule has 7 heteroatoms. The monoisotopic (exact) mass is 335 g/mol. The number of carbonyl (C=O) groups is 2. The van der Waals surface area contributed by atoms with Crippen LogP contribution < -0.4 is 5.32 Å². The van der Waals surface area contributed by atoms with Crippen LogP contribution >= 0.6 is 11.6 Å². The van der Waals surface area contributed by atoms with Gasteiger partial charge in [-0.25, -0.2) is 0 Å². The van der Waals surface area contributed by atoms with Gasteiger partial charge in [-0.15, -0.1) is 0 Å². The number of hydrogen-bond acceptors (Lipinski definition) is 4. The van der Waals surface area contributed by atoms with Crippen molar-refractivity contribution >= 4 is 29.2 Å². The molecule has 0 bridgehead atoms. The molecule has 2 rings (SSSR count). The molecule has 0 saturated carbocycles. The molecule has 1 N–H and O–H groups in total. The molecule has 1 aromatic carbocycles. The first-order chi connectivity index (χ1) is 11.1. The highest BCUT2D eigenvalue weighted by Crippen LogP contribution is 2.12. The summed E-state index contributed by atoms with van der Waals surface area (Å²) in [6.45, 7) is 2.49. The number of hydrogen-bond donors (Lipinski definition) is 1. The number of aromatic nitrogens is 1. The van der Waals surface area contributed by atoms with E-state index in [1.54, 1.807) is 24.3 Å². The Bertz CT molecular complexity index is 641. The van der Waals surface area contributed by atoms with Crippen LogP contribution in [0.4, 0.5) is 5.82 Å². The van der Waals surface area contributed by atoms with Crippen LogP contribution in [0.3, 0.4) is 0 Å². The minimum atomic E-state index is -0.322. The SMILES string of the molecule is CCCCN(CC(=O)Nc1ccon1)C(=O)c1ccc(Cl)cc1. The Morgan fingerprint density at radius 3 is 2.61 bits per heavy atom. The summed E-state index contributed by atoms with van der Waals surface area (Å²) in [4.78, 5) is 26.2. The van der Waals surface area contributed by atoms with Crippen molar-refractivity contribution in [3.63, 3.8) is 0 Å². The maximum atomic E-state index is 12.6. The Hall–Kier alpha value is -2.34.